The van der Waals surface area contributed by atoms with Crippen LogP contribution in [-0.2, 0) is 0 Å². The topological polar surface area (TPSA) is 63.3 Å². The van der Waals surface area contributed by atoms with Crippen molar-refractivity contribution in [1.82, 2.24) is 0 Å². The molecule has 0 saturated heterocycles. The molecule has 4 heteroatoms. The number of hydrogen-bond donors (Lipinski definition) is 2. The third-order valence-corrected chi connectivity index (χ3v) is 3.78. The van der Waals surface area contributed by atoms with Crippen molar-refractivity contribution in [2.45, 2.75) is 23.6 Å². The summed E-state index contributed by atoms with van der Waals surface area (Å²) < 4.78 is 0. The third kappa shape index (κ3) is 3.09. The Balaban J connectivity index is 2.38. The van der Waals surface area contributed by atoms with Gasteiger partial charge in [-0.25, -0.2) is 4.79 Å². The summed E-state index contributed by atoms with van der Waals surface area (Å²) >= 11 is 1.54. The molecule has 0 atom stereocenters. The van der Waals surface area contributed by atoms with Crippen molar-refractivity contribution >= 4 is 23.4 Å². The Morgan fingerprint density at radius 1 is 1.16 bits per heavy atom. The van der Waals surface area contributed by atoms with Gasteiger partial charge in [0.2, 0.25) is 0 Å². The molecule has 0 spiro atoms. The van der Waals surface area contributed by atoms with E-state index in [1.165, 1.54) is 17.3 Å². The van der Waals surface area contributed by atoms with Gasteiger partial charge >= 0.3 is 5.97 Å². The monoisotopic (exact) mass is 273 g/mol. The van der Waals surface area contributed by atoms with E-state index in [9.17, 15) is 4.79 Å². The lowest BCUT2D eigenvalue weighted by Crippen LogP contribution is -2.04. The van der Waals surface area contributed by atoms with Crippen LogP contribution in [-0.4, -0.2) is 11.1 Å². The molecule has 0 heterocycles. The molecular formula is C15H15NO2S. The molecule has 19 heavy (non-hydrogen) atoms. The van der Waals surface area contributed by atoms with Gasteiger partial charge in [-0.1, -0.05) is 29.5 Å². The number of carbonyl (C=O) groups is 1. The first-order valence-corrected chi connectivity index (χ1v) is 6.67. The van der Waals surface area contributed by atoms with Crippen LogP contribution in [0.15, 0.2) is 46.2 Å². The van der Waals surface area contributed by atoms with Gasteiger partial charge in [0.1, 0.15) is 0 Å². The minimum Gasteiger partial charge on any atom is -0.478 e. The maximum absolute atomic E-state index is 11.1. The summed E-state index contributed by atoms with van der Waals surface area (Å²) in [5.41, 5.74) is 8.24. The smallest absolute Gasteiger partial charge is 0.337 e. The van der Waals surface area contributed by atoms with Gasteiger partial charge in [0.25, 0.3) is 0 Å². The fraction of sp³-hybridized carbons (Fsp3) is 0.133. The normalized spacial score (nSPS) is 10.4. The largest absolute Gasteiger partial charge is 0.478 e. The van der Waals surface area contributed by atoms with Crippen LogP contribution in [0.2, 0.25) is 0 Å². The highest BCUT2D eigenvalue weighted by molar-refractivity contribution is 7.99. The summed E-state index contributed by atoms with van der Waals surface area (Å²) in [6.45, 7) is 3.85. The van der Waals surface area contributed by atoms with Gasteiger partial charge in [-0.05, 0) is 43.7 Å². The van der Waals surface area contributed by atoms with Crippen molar-refractivity contribution in [1.29, 1.82) is 0 Å². The second-order valence-corrected chi connectivity index (χ2v) is 5.57. The summed E-state index contributed by atoms with van der Waals surface area (Å²) in [5, 5.41) is 9.14. The van der Waals surface area contributed by atoms with Crippen LogP contribution < -0.4 is 5.73 Å². The van der Waals surface area contributed by atoms with Crippen molar-refractivity contribution in [2.24, 2.45) is 0 Å². The molecule has 0 amide bonds. The third-order valence-electron chi connectivity index (χ3n) is 2.82. The Kier molecular flexibility index (Phi) is 3.81. The van der Waals surface area contributed by atoms with Crippen molar-refractivity contribution in [2.75, 3.05) is 5.73 Å². The molecule has 2 rings (SSSR count). The van der Waals surface area contributed by atoms with E-state index in [1.807, 2.05) is 38.1 Å². The molecule has 2 aromatic rings. The van der Waals surface area contributed by atoms with Crippen molar-refractivity contribution in [3.05, 3.63) is 53.1 Å². The lowest BCUT2D eigenvalue weighted by molar-refractivity contribution is 0.0697. The molecule has 0 saturated carbocycles. The van der Waals surface area contributed by atoms with Crippen LogP contribution in [0.3, 0.4) is 0 Å². The molecular weight excluding hydrogens is 258 g/mol. The highest BCUT2D eigenvalue weighted by Gasteiger charge is 2.12. The highest BCUT2D eigenvalue weighted by atomic mass is 32.2. The number of anilines is 1. The summed E-state index contributed by atoms with van der Waals surface area (Å²) in [7, 11) is 0. The lowest BCUT2D eigenvalue weighted by atomic mass is 10.1. The van der Waals surface area contributed by atoms with Gasteiger partial charge in [-0.2, -0.15) is 0 Å². The minimum atomic E-state index is -0.993. The van der Waals surface area contributed by atoms with Gasteiger partial charge in [0.05, 0.1) is 5.56 Å². The zero-order valence-electron chi connectivity index (χ0n) is 10.8. The number of carboxylic acids is 1. The molecule has 2 aromatic carbocycles. The fourth-order valence-corrected chi connectivity index (χ4v) is 2.89. The van der Waals surface area contributed by atoms with Crippen LogP contribution in [0.25, 0.3) is 0 Å². The van der Waals surface area contributed by atoms with E-state index in [0.717, 1.165) is 15.4 Å². The first kappa shape index (κ1) is 13.5. The standard InChI is InChI=1S/C15H15NO2S/c1-9-4-3-5-11(6-9)19-12-7-10(2)14(16)13(8-12)15(17)18/h3-8H,16H2,1-2H3,(H,17,18). The first-order chi connectivity index (χ1) is 8.97. The number of aryl methyl sites for hydroxylation is 2. The number of benzene rings is 2. The quantitative estimate of drug-likeness (QED) is 0.836. The average molecular weight is 273 g/mol. The molecule has 0 aromatic heterocycles. The molecule has 98 valence electrons. The van der Waals surface area contributed by atoms with E-state index in [1.54, 1.807) is 6.07 Å². The van der Waals surface area contributed by atoms with Gasteiger partial charge in [0, 0.05) is 15.5 Å². The van der Waals surface area contributed by atoms with E-state index in [0.29, 0.717) is 5.69 Å². The maximum Gasteiger partial charge on any atom is 0.337 e. The van der Waals surface area contributed by atoms with Crippen molar-refractivity contribution < 1.29 is 9.90 Å². The summed E-state index contributed by atoms with van der Waals surface area (Å²) in [6, 6.07) is 11.6. The van der Waals surface area contributed by atoms with E-state index >= 15 is 0 Å². The van der Waals surface area contributed by atoms with E-state index in [4.69, 9.17) is 10.8 Å². The number of hydrogen-bond acceptors (Lipinski definition) is 3. The Labute approximate surface area is 116 Å². The molecule has 0 unspecified atom stereocenters. The van der Waals surface area contributed by atoms with E-state index < -0.39 is 5.97 Å². The van der Waals surface area contributed by atoms with E-state index in [2.05, 4.69) is 6.07 Å². The molecule has 0 bridgehead atoms. The van der Waals surface area contributed by atoms with Crippen LogP contribution >= 0.6 is 11.8 Å². The van der Waals surface area contributed by atoms with Crippen molar-refractivity contribution in [3.8, 4) is 0 Å². The Bertz CT molecular complexity index is 638. The molecule has 0 aliphatic rings. The second kappa shape index (κ2) is 5.36. The maximum atomic E-state index is 11.1. The van der Waals surface area contributed by atoms with Crippen LogP contribution in [0.4, 0.5) is 5.69 Å². The van der Waals surface area contributed by atoms with Crippen LogP contribution in [0.1, 0.15) is 21.5 Å². The van der Waals surface area contributed by atoms with Crippen molar-refractivity contribution in [3.63, 3.8) is 0 Å². The molecule has 0 fully saturated rings. The molecule has 0 aliphatic heterocycles. The van der Waals surface area contributed by atoms with Gasteiger partial charge in [-0.3, -0.25) is 0 Å². The summed E-state index contributed by atoms with van der Waals surface area (Å²) in [4.78, 5) is 13.1. The number of rotatable bonds is 3. The van der Waals surface area contributed by atoms with Gasteiger partial charge in [-0.15, -0.1) is 0 Å². The predicted octanol–water partition coefficient (Wildman–Crippen LogP) is 3.74. The van der Waals surface area contributed by atoms with Gasteiger partial charge in [0.15, 0.2) is 0 Å². The minimum absolute atomic E-state index is 0.162. The van der Waals surface area contributed by atoms with E-state index in [-0.39, 0.29) is 5.56 Å². The zero-order chi connectivity index (χ0) is 14.0. The fourth-order valence-electron chi connectivity index (χ4n) is 1.82. The lowest BCUT2D eigenvalue weighted by Gasteiger charge is -2.09. The molecule has 0 radical (unpaired) electrons. The van der Waals surface area contributed by atoms with Crippen LogP contribution in [0.5, 0.6) is 0 Å². The SMILES string of the molecule is Cc1cccc(Sc2cc(C)c(N)c(C(=O)O)c2)c1. The Hall–Kier alpha value is -1.94. The number of aromatic carboxylic acids is 1. The second-order valence-electron chi connectivity index (χ2n) is 4.43. The number of nitrogens with two attached hydrogens (primary N) is 1. The predicted molar refractivity (Wildman–Crippen MR) is 77.9 cm³/mol. The molecule has 3 nitrogen and oxygen atoms in total. The highest BCUT2D eigenvalue weighted by Crippen LogP contribution is 2.32. The first-order valence-electron chi connectivity index (χ1n) is 5.85. The zero-order valence-corrected chi connectivity index (χ0v) is 11.6. The summed E-state index contributed by atoms with van der Waals surface area (Å²) in [5.74, 6) is -0.993. The Morgan fingerprint density at radius 2 is 1.89 bits per heavy atom. The molecule has 3 N–H and O–H groups in total. The average Bonchev–Trinajstić information content (AvgIpc) is 2.33. The number of carboxylic acid groups (broad SMARTS) is 1. The van der Waals surface area contributed by atoms with Crippen LogP contribution in [0, 0.1) is 13.8 Å². The number of nitrogen functional groups attached to an aromatic ring is 1. The summed E-state index contributed by atoms with van der Waals surface area (Å²) in [6.07, 6.45) is 0. The van der Waals surface area contributed by atoms with Gasteiger partial charge < -0.3 is 10.8 Å². The molecule has 0 aliphatic carbocycles. The Morgan fingerprint density at radius 3 is 2.53 bits per heavy atom.